The number of nitrogens with zero attached hydrogens (tertiary/aromatic N) is 1. The highest BCUT2D eigenvalue weighted by atomic mass is 19.1. The molecule has 0 atom stereocenters. The summed E-state index contributed by atoms with van der Waals surface area (Å²) in [4.78, 5) is 2.72. The molecule has 0 spiro atoms. The molecule has 2 heteroatoms. The Kier molecular flexibility index (Phi) is 3.51. The molecule has 0 N–H and O–H groups in total. The third-order valence-corrected chi connectivity index (χ3v) is 3.47. The largest absolute Gasteiger partial charge is 0.298 e. The summed E-state index contributed by atoms with van der Waals surface area (Å²) in [7, 11) is 0.500. The Balaban J connectivity index is 0.000000336. The third-order valence-electron chi connectivity index (χ3n) is 3.47. The fourth-order valence-electron chi connectivity index (χ4n) is 2.80. The SMILES string of the molecule is CCC12CCCN1CCC2.CF. The van der Waals surface area contributed by atoms with Gasteiger partial charge in [-0.3, -0.25) is 9.29 Å². The standard InChI is InChI=1S/C9H17N.CH3F/c1-2-9-5-3-7-10(9)8-4-6-9;1-2/h2-8H2,1H3;1H3. The van der Waals surface area contributed by atoms with Gasteiger partial charge in [0.25, 0.3) is 0 Å². The molecule has 12 heavy (non-hydrogen) atoms. The molecule has 2 aliphatic rings. The quantitative estimate of drug-likeness (QED) is 0.589. The maximum Gasteiger partial charge on any atom is 0.0785 e. The van der Waals surface area contributed by atoms with Crippen LogP contribution in [0.3, 0.4) is 0 Å². The summed E-state index contributed by atoms with van der Waals surface area (Å²) in [6.45, 7) is 5.12. The lowest BCUT2D eigenvalue weighted by atomic mass is 9.91. The maximum absolute atomic E-state index is 9.50. The predicted molar refractivity (Wildman–Crippen MR) is 50.1 cm³/mol. The number of fused-ring (bicyclic) bond motifs is 1. The Morgan fingerprint density at radius 3 is 2.00 bits per heavy atom. The van der Waals surface area contributed by atoms with Crippen molar-refractivity contribution < 1.29 is 4.39 Å². The second-order valence-electron chi connectivity index (χ2n) is 3.77. The van der Waals surface area contributed by atoms with Gasteiger partial charge in [-0.05, 0) is 45.2 Å². The number of hydrogen-bond donors (Lipinski definition) is 0. The highest BCUT2D eigenvalue weighted by Crippen LogP contribution is 2.40. The lowest BCUT2D eigenvalue weighted by molar-refractivity contribution is 0.189. The van der Waals surface area contributed by atoms with Crippen molar-refractivity contribution in [2.45, 2.75) is 44.6 Å². The van der Waals surface area contributed by atoms with Crippen LogP contribution in [0.4, 0.5) is 4.39 Å². The summed E-state index contributed by atoms with van der Waals surface area (Å²) in [5.41, 5.74) is 0.681. The van der Waals surface area contributed by atoms with E-state index >= 15 is 0 Å². The minimum atomic E-state index is 0.500. The second kappa shape index (κ2) is 4.22. The van der Waals surface area contributed by atoms with E-state index in [-0.39, 0.29) is 0 Å². The first kappa shape index (κ1) is 9.97. The lowest BCUT2D eigenvalue weighted by Crippen LogP contribution is -2.37. The molecule has 0 aromatic heterocycles. The summed E-state index contributed by atoms with van der Waals surface area (Å²) >= 11 is 0. The normalized spacial score (nSPS) is 26.2. The molecule has 2 aliphatic heterocycles. The van der Waals surface area contributed by atoms with Crippen molar-refractivity contribution in [2.75, 3.05) is 20.3 Å². The molecule has 2 heterocycles. The van der Waals surface area contributed by atoms with E-state index in [1.165, 1.54) is 45.2 Å². The summed E-state index contributed by atoms with van der Waals surface area (Å²) in [6.07, 6.45) is 7.24. The van der Waals surface area contributed by atoms with E-state index in [0.29, 0.717) is 12.7 Å². The Morgan fingerprint density at radius 1 is 1.17 bits per heavy atom. The van der Waals surface area contributed by atoms with Gasteiger partial charge in [0.1, 0.15) is 0 Å². The van der Waals surface area contributed by atoms with Crippen molar-refractivity contribution in [1.82, 2.24) is 4.90 Å². The van der Waals surface area contributed by atoms with E-state index in [2.05, 4.69) is 11.8 Å². The van der Waals surface area contributed by atoms with Crippen molar-refractivity contribution >= 4 is 0 Å². The van der Waals surface area contributed by atoms with Crippen molar-refractivity contribution in [3.8, 4) is 0 Å². The van der Waals surface area contributed by atoms with Crippen molar-refractivity contribution in [3.05, 3.63) is 0 Å². The van der Waals surface area contributed by atoms with Gasteiger partial charge in [-0.2, -0.15) is 0 Å². The average Bonchev–Trinajstić information content (AvgIpc) is 2.65. The van der Waals surface area contributed by atoms with Gasteiger partial charge in [0, 0.05) is 5.54 Å². The van der Waals surface area contributed by atoms with Gasteiger partial charge in [-0.25, -0.2) is 0 Å². The smallest absolute Gasteiger partial charge is 0.0785 e. The van der Waals surface area contributed by atoms with Crippen LogP contribution in [0.1, 0.15) is 39.0 Å². The Hall–Kier alpha value is -0.110. The molecule has 0 aliphatic carbocycles. The van der Waals surface area contributed by atoms with Gasteiger partial charge >= 0.3 is 0 Å². The summed E-state index contributed by atoms with van der Waals surface area (Å²) in [6, 6.07) is 0. The average molecular weight is 173 g/mol. The predicted octanol–water partition coefficient (Wildman–Crippen LogP) is 2.61. The lowest BCUT2D eigenvalue weighted by Gasteiger charge is -2.30. The molecule has 1 nitrogen and oxygen atoms in total. The highest BCUT2D eigenvalue weighted by molar-refractivity contribution is 4.98. The molecule has 0 aromatic carbocycles. The van der Waals surface area contributed by atoms with Gasteiger partial charge in [-0.15, -0.1) is 0 Å². The first-order valence-electron chi connectivity index (χ1n) is 5.00. The topological polar surface area (TPSA) is 3.24 Å². The van der Waals surface area contributed by atoms with Gasteiger partial charge in [0.15, 0.2) is 0 Å². The minimum absolute atomic E-state index is 0.500. The van der Waals surface area contributed by atoms with Crippen LogP contribution in [-0.2, 0) is 0 Å². The molecule has 0 bridgehead atoms. The number of hydrogen-bond acceptors (Lipinski definition) is 1. The number of halogens is 1. The van der Waals surface area contributed by atoms with Crippen LogP contribution < -0.4 is 0 Å². The zero-order valence-corrected chi connectivity index (χ0v) is 8.27. The molecular formula is C10H20FN. The van der Waals surface area contributed by atoms with Gasteiger partial charge in [-0.1, -0.05) is 6.92 Å². The van der Waals surface area contributed by atoms with Crippen LogP contribution >= 0.6 is 0 Å². The molecule has 2 saturated heterocycles. The molecule has 2 rings (SSSR count). The fraction of sp³-hybridized carbons (Fsp3) is 1.00. The van der Waals surface area contributed by atoms with Crippen molar-refractivity contribution in [2.24, 2.45) is 0 Å². The molecule has 0 unspecified atom stereocenters. The van der Waals surface area contributed by atoms with Crippen molar-refractivity contribution in [1.29, 1.82) is 0 Å². The van der Waals surface area contributed by atoms with Gasteiger partial charge in [0.05, 0.1) is 7.18 Å². The zero-order valence-electron chi connectivity index (χ0n) is 8.27. The van der Waals surface area contributed by atoms with Crippen LogP contribution in [0.25, 0.3) is 0 Å². The minimum Gasteiger partial charge on any atom is -0.298 e. The first-order valence-corrected chi connectivity index (χ1v) is 5.00. The fourth-order valence-corrected chi connectivity index (χ4v) is 2.80. The van der Waals surface area contributed by atoms with E-state index in [9.17, 15) is 4.39 Å². The Bertz CT molecular complexity index is 126. The van der Waals surface area contributed by atoms with Crippen molar-refractivity contribution in [3.63, 3.8) is 0 Å². The van der Waals surface area contributed by atoms with Gasteiger partial charge in [0.2, 0.25) is 0 Å². The first-order chi connectivity index (χ1) is 5.87. The molecule has 0 aromatic rings. The Labute approximate surface area is 74.9 Å². The second-order valence-corrected chi connectivity index (χ2v) is 3.77. The zero-order chi connectivity index (χ0) is 9.03. The summed E-state index contributed by atoms with van der Waals surface area (Å²) in [5.74, 6) is 0. The van der Waals surface area contributed by atoms with Crippen LogP contribution in [0.2, 0.25) is 0 Å². The van der Waals surface area contributed by atoms with Crippen LogP contribution in [0, 0.1) is 0 Å². The third kappa shape index (κ3) is 1.49. The van der Waals surface area contributed by atoms with E-state index in [1.54, 1.807) is 0 Å². The molecule has 0 radical (unpaired) electrons. The summed E-state index contributed by atoms with van der Waals surface area (Å²) in [5, 5.41) is 0. The van der Waals surface area contributed by atoms with Crippen LogP contribution in [0.15, 0.2) is 0 Å². The molecular weight excluding hydrogens is 153 g/mol. The number of alkyl halides is 1. The molecule has 2 fully saturated rings. The molecule has 0 amide bonds. The maximum atomic E-state index is 9.50. The monoisotopic (exact) mass is 173 g/mol. The molecule has 72 valence electrons. The van der Waals surface area contributed by atoms with Crippen LogP contribution in [-0.4, -0.2) is 30.7 Å². The van der Waals surface area contributed by atoms with E-state index in [1.807, 2.05) is 0 Å². The van der Waals surface area contributed by atoms with E-state index in [4.69, 9.17) is 0 Å². The Morgan fingerprint density at radius 2 is 1.67 bits per heavy atom. The van der Waals surface area contributed by atoms with Crippen LogP contribution in [0.5, 0.6) is 0 Å². The van der Waals surface area contributed by atoms with E-state index < -0.39 is 0 Å². The highest BCUT2D eigenvalue weighted by Gasteiger charge is 2.42. The number of rotatable bonds is 1. The van der Waals surface area contributed by atoms with Gasteiger partial charge < -0.3 is 0 Å². The summed E-state index contributed by atoms with van der Waals surface area (Å²) < 4.78 is 9.50. The molecule has 0 saturated carbocycles. The van der Waals surface area contributed by atoms with E-state index in [0.717, 1.165) is 0 Å².